The quantitative estimate of drug-likeness (QED) is 0.769. The van der Waals surface area contributed by atoms with Gasteiger partial charge in [-0.3, -0.25) is 4.79 Å². The van der Waals surface area contributed by atoms with E-state index in [-0.39, 0.29) is 5.91 Å². The van der Waals surface area contributed by atoms with Crippen LogP contribution in [0.15, 0.2) is 48.5 Å². The zero-order chi connectivity index (χ0) is 13.9. The Morgan fingerprint density at radius 2 is 1.55 bits per heavy atom. The first-order valence-electron chi connectivity index (χ1n) is 7.24. The summed E-state index contributed by atoms with van der Waals surface area (Å²) in [5, 5.41) is 0. The maximum Gasteiger partial charge on any atom is 0.227 e. The molecule has 0 fully saturated rings. The van der Waals surface area contributed by atoms with Crippen molar-refractivity contribution in [3.8, 4) is 0 Å². The molecule has 0 N–H and O–H groups in total. The van der Waals surface area contributed by atoms with Crippen molar-refractivity contribution in [3.63, 3.8) is 0 Å². The number of hydrogen-bond donors (Lipinski definition) is 0. The SMILES string of the molecule is CCC(=O)N1Cc2ccccc2CCc2ccccc21. The van der Waals surface area contributed by atoms with Crippen LogP contribution < -0.4 is 4.90 Å². The number of amides is 1. The lowest BCUT2D eigenvalue weighted by Gasteiger charge is -2.28. The smallest absolute Gasteiger partial charge is 0.227 e. The van der Waals surface area contributed by atoms with Gasteiger partial charge in [0, 0.05) is 12.1 Å². The van der Waals surface area contributed by atoms with Crippen molar-refractivity contribution < 1.29 is 4.79 Å². The van der Waals surface area contributed by atoms with E-state index in [4.69, 9.17) is 0 Å². The third-order valence-corrected chi connectivity index (χ3v) is 4.00. The van der Waals surface area contributed by atoms with Crippen LogP contribution in [0.25, 0.3) is 0 Å². The molecule has 0 bridgehead atoms. The highest BCUT2D eigenvalue weighted by Crippen LogP contribution is 2.28. The molecule has 3 rings (SSSR count). The molecule has 0 saturated carbocycles. The molecule has 2 aromatic rings. The Hall–Kier alpha value is -2.09. The molecule has 102 valence electrons. The number of carbonyl (C=O) groups is 1. The lowest BCUT2D eigenvalue weighted by molar-refractivity contribution is -0.118. The number of carbonyl (C=O) groups excluding carboxylic acids is 1. The number of nitrogens with zero attached hydrogens (tertiary/aromatic N) is 1. The summed E-state index contributed by atoms with van der Waals surface area (Å²) >= 11 is 0. The number of para-hydroxylation sites is 1. The van der Waals surface area contributed by atoms with E-state index in [0.717, 1.165) is 18.5 Å². The molecular formula is C18H19NO. The van der Waals surface area contributed by atoms with Gasteiger partial charge in [-0.15, -0.1) is 0 Å². The van der Waals surface area contributed by atoms with E-state index in [1.165, 1.54) is 16.7 Å². The number of aryl methyl sites for hydroxylation is 2. The molecular weight excluding hydrogens is 246 g/mol. The Morgan fingerprint density at radius 1 is 0.950 bits per heavy atom. The molecule has 0 aromatic heterocycles. The summed E-state index contributed by atoms with van der Waals surface area (Å²) in [5.74, 6) is 0.189. The van der Waals surface area contributed by atoms with Crippen molar-refractivity contribution in [1.29, 1.82) is 0 Å². The molecule has 0 saturated heterocycles. The van der Waals surface area contributed by atoms with Crippen molar-refractivity contribution in [1.82, 2.24) is 0 Å². The van der Waals surface area contributed by atoms with Crippen LogP contribution in [0.3, 0.4) is 0 Å². The number of benzene rings is 2. The zero-order valence-electron chi connectivity index (χ0n) is 11.8. The molecule has 1 heterocycles. The van der Waals surface area contributed by atoms with Crippen molar-refractivity contribution in [2.45, 2.75) is 32.7 Å². The van der Waals surface area contributed by atoms with E-state index in [9.17, 15) is 4.79 Å². The third kappa shape index (κ3) is 2.34. The van der Waals surface area contributed by atoms with Crippen LogP contribution in [0.4, 0.5) is 5.69 Å². The molecule has 0 unspecified atom stereocenters. The summed E-state index contributed by atoms with van der Waals surface area (Å²) < 4.78 is 0. The lowest BCUT2D eigenvalue weighted by Crippen LogP contribution is -2.32. The number of anilines is 1. The summed E-state index contributed by atoms with van der Waals surface area (Å²) in [4.78, 5) is 14.3. The van der Waals surface area contributed by atoms with E-state index in [1.54, 1.807) is 0 Å². The monoisotopic (exact) mass is 265 g/mol. The molecule has 1 amide bonds. The van der Waals surface area contributed by atoms with Gasteiger partial charge in [-0.05, 0) is 35.6 Å². The highest BCUT2D eigenvalue weighted by Gasteiger charge is 2.20. The van der Waals surface area contributed by atoms with Gasteiger partial charge < -0.3 is 4.90 Å². The second-order valence-corrected chi connectivity index (χ2v) is 5.23. The minimum atomic E-state index is 0.189. The summed E-state index contributed by atoms with van der Waals surface area (Å²) in [6, 6.07) is 16.7. The molecule has 0 radical (unpaired) electrons. The average molecular weight is 265 g/mol. The Kier molecular flexibility index (Phi) is 3.55. The Balaban J connectivity index is 2.08. The first kappa shape index (κ1) is 12.9. The summed E-state index contributed by atoms with van der Waals surface area (Å²) in [5.41, 5.74) is 4.97. The average Bonchev–Trinajstić information content (AvgIpc) is 2.49. The molecule has 20 heavy (non-hydrogen) atoms. The fraction of sp³-hybridized carbons (Fsp3) is 0.278. The second kappa shape index (κ2) is 5.49. The Labute approximate surface area is 120 Å². The van der Waals surface area contributed by atoms with Crippen molar-refractivity contribution in [2.75, 3.05) is 4.90 Å². The normalized spacial score (nSPS) is 13.9. The Bertz CT molecular complexity index is 633. The minimum Gasteiger partial charge on any atom is -0.308 e. The van der Waals surface area contributed by atoms with Gasteiger partial charge in [0.1, 0.15) is 0 Å². The third-order valence-electron chi connectivity index (χ3n) is 4.00. The van der Waals surface area contributed by atoms with E-state index in [0.29, 0.717) is 13.0 Å². The predicted octanol–water partition coefficient (Wildman–Crippen LogP) is 3.73. The topological polar surface area (TPSA) is 20.3 Å². The molecule has 2 aromatic carbocycles. The zero-order valence-corrected chi connectivity index (χ0v) is 11.8. The maximum atomic E-state index is 12.3. The molecule has 0 atom stereocenters. The number of hydrogen-bond acceptors (Lipinski definition) is 1. The highest BCUT2D eigenvalue weighted by atomic mass is 16.2. The van der Waals surface area contributed by atoms with Crippen LogP contribution in [-0.2, 0) is 24.2 Å². The first-order valence-corrected chi connectivity index (χ1v) is 7.24. The van der Waals surface area contributed by atoms with Crippen LogP contribution in [-0.4, -0.2) is 5.91 Å². The van der Waals surface area contributed by atoms with Gasteiger partial charge in [-0.25, -0.2) is 0 Å². The maximum absolute atomic E-state index is 12.3. The number of rotatable bonds is 1. The van der Waals surface area contributed by atoms with Crippen molar-refractivity contribution in [3.05, 3.63) is 65.2 Å². The fourth-order valence-corrected chi connectivity index (χ4v) is 2.88. The van der Waals surface area contributed by atoms with Crippen molar-refractivity contribution >= 4 is 11.6 Å². The van der Waals surface area contributed by atoms with Gasteiger partial charge in [-0.1, -0.05) is 49.4 Å². The van der Waals surface area contributed by atoms with Crippen LogP contribution in [0.1, 0.15) is 30.0 Å². The second-order valence-electron chi connectivity index (χ2n) is 5.23. The molecule has 0 spiro atoms. The predicted molar refractivity (Wildman–Crippen MR) is 81.8 cm³/mol. The van der Waals surface area contributed by atoms with E-state index >= 15 is 0 Å². The van der Waals surface area contributed by atoms with Crippen LogP contribution in [0, 0.1) is 0 Å². The van der Waals surface area contributed by atoms with E-state index < -0.39 is 0 Å². The van der Waals surface area contributed by atoms with Crippen molar-refractivity contribution in [2.24, 2.45) is 0 Å². The van der Waals surface area contributed by atoms with Crippen LogP contribution in [0.2, 0.25) is 0 Å². The van der Waals surface area contributed by atoms with Crippen LogP contribution >= 0.6 is 0 Å². The first-order chi connectivity index (χ1) is 9.79. The standard InChI is InChI=1S/C18H19NO/c1-2-18(20)19-13-16-9-4-3-7-14(16)11-12-15-8-5-6-10-17(15)19/h3-10H,2,11-13H2,1H3. The van der Waals surface area contributed by atoms with Gasteiger partial charge in [0.25, 0.3) is 0 Å². The molecule has 0 aliphatic carbocycles. The molecule has 1 aliphatic rings. The number of fused-ring (bicyclic) bond motifs is 2. The fourth-order valence-electron chi connectivity index (χ4n) is 2.88. The largest absolute Gasteiger partial charge is 0.308 e. The van der Waals surface area contributed by atoms with Gasteiger partial charge >= 0.3 is 0 Å². The summed E-state index contributed by atoms with van der Waals surface area (Å²) in [7, 11) is 0. The molecule has 2 heteroatoms. The van der Waals surface area contributed by atoms with Gasteiger partial charge in [-0.2, -0.15) is 0 Å². The minimum absolute atomic E-state index is 0.189. The summed E-state index contributed by atoms with van der Waals surface area (Å²) in [6.07, 6.45) is 2.57. The highest BCUT2D eigenvalue weighted by molar-refractivity contribution is 5.94. The van der Waals surface area contributed by atoms with E-state index in [1.807, 2.05) is 17.9 Å². The van der Waals surface area contributed by atoms with Gasteiger partial charge in [0.2, 0.25) is 5.91 Å². The lowest BCUT2D eigenvalue weighted by atomic mass is 9.95. The van der Waals surface area contributed by atoms with Crippen LogP contribution in [0.5, 0.6) is 0 Å². The van der Waals surface area contributed by atoms with Gasteiger partial charge in [0.05, 0.1) is 6.54 Å². The van der Waals surface area contributed by atoms with E-state index in [2.05, 4.69) is 42.5 Å². The summed E-state index contributed by atoms with van der Waals surface area (Å²) in [6.45, 7) is 2.61. The molecule has 2 nitrogen and oxygen atoms in total. The van der Waals surface area contributed by atoms with Gasteiger partial charge in [0.15, 0.2) is 0 Å². The molecule has 1 aliphatic heterocycles. The Morgan fingerprint density at radius 3 is 2.30 bits per heavy atom.